The largest absolute Gasteiger partial charge is 0.478 e. The van der Waals surface area contributed by atoms with E-state index in [1.54, 1.807) is 36.9 Å². The van der Waals surface area contributed by atoms with Crippen LogP contribution in [0.3, 0.4) is 0 Å². The number of hydrogen-bond donors (Lipinski definition) is 2. The molecule has 0 radical (unpaired) electrons. The molecule has 6 nitrogen and oxygen atoms in total. The Morgan fingerprint density at radius 2 is 2.00 bits per heavy atom. The number of anilines is 1. The number of para-hydroxylation sites is 1. The van der Waals surface area contributed by atoms with E-state index in [0.29, 0.717) is 5.56 Å². The van der Waals surface area contributed by atoms with E-state index >= 15 is 0 Å². The van der Waals surface area contributed by atoms with E-state index in [1.165, 1.54) is 18.3 Å². The van der Waals surface area contributed by atoms with Gasteiger partial charge in [-0.3, -0.25) is 4.72 Å². The van der Waals surface area contributed by atoms with Crippen molar-refractivity contribution in [1.29, 1.82) is 0 Å². The zero-order valence-corrected chi connectivity index (χ0v) is 11.8. The highest BCUT2D eigenvalue weighted by atomic mass is 32.2. The van der Waals surface area contributed by atoms with Gasteiger partial charge in [0, 0.05) is 19.4 Å². The number of hydrogen-bond acceptors (Lipinski definition) is 3. The predicted octanol–water partition coefficient (Wildman–Crippen LogP) is 1.83. The quantitative estimate of drug-likeness (QED) is 0.900. The van der Waals surface area contributed by atoms with E-state index in [9.17, 15) is 13.2 Å². The number of carbonyl (C=O) groups is 1. The molecule has 2 rings (SSSR count). The minimum atomic E-state index is -3.81. The lowest BCUT2D eigenvalue weighted by Gasteiger charge is -2.12. The van der Waals surface area contributed by atoms with Crippen molar-refractivity contribution in [2.75, 3.05) is 4.72 Å². The predicted molar refractivity (Wildman–Crippen MR) is 74.4 cm³/mol. The Hall–Kier alpha value is -2.28. The molecule has 0 saturated carbocycles. The van der Waals surface area contributed by atoms with Crippen molar-refractivity contribution in [3.63, 3.8) is 0 Å². The van der Waals surface area contributed by atoms with Gasteiger partial charge in [0.05, 0.1) is 11.3 Å². The summed E-state index contributed by atoms with van der Waals surface area (Å²) in [6.45, 7) is 1.65. The second-order valence-electron chi connectivity index (χ2n) is 4.42. The summed E-state index contributed by atoms with van der Waals surface area (Å²) in [4.78, 5) is 11.2. The molecule has 0 aliphatic heterocycles. The summed E-state index contributed by atoms with van der Waals surface area (Å²) in [5.41, 5.74) is 0.553. The van der Waals surface area contributed by atoms with E-state index in [0.717, 1.165) is 0 Å². The number of rotatable bonds is 4. The Kier molecular flexibility index (Phi) is 3.54. The Morgan fingerprint density at radius 3 is 2.55 bits per heavy atom. The minimum absolute atomic E-state index is 0.0792. The normalized spacial score (nSPS) is 11.3. The molecular weight excluding hydrogens is 280 g/mol. The van der Waals surface area contributed by atoms with Crippen molar-refractivity contribution in [3.05, 3.63) is 47.8 Å². The third-order valence-corrected chi connectivity index (χ3v) is 4.19. The smallest absolute Gasteiger partial charge is 0.337 e. The SMILES string of the molecule is Cc1cccc(C(=O)O)c1NS(=O)(=O)c1ccn(C)c1. The van der Waals surface area contributed by atoms with Gasteiger partial charge in [0.25, 0.3) is 10.0 Å². The van der Waals surface area contributed by atoms with Crippen LogP contribution in [0.15, 0.2) is 41.6 Å². The summed E-state index contributed by atoms with van der Waals surface area (Å²) in [7, 11) is -2.10. The number of nitrogens with one attached hydrogen (secondary N) is 1. The highest BCUT2D eigenvalue weighted by Crippen LogP contribution is 2.24. The van der Waals surface area contributed by atoms with Crippen molar-refractivity contribution in [3.8, 4) is 0 Å². The Balaban J connectivity index is 2.47. The van der Waals surface area contributed by atoms with Gasteiger partial charge in [-0.1, -0.05) is 12.1 Å². The van der Waals surface area contributed by atoms with Gasteiger partial charge < -0.3 is 9.67 Å². The molecule has 0 aliphatic carbocycles. The molecule has 0 atom stereocenters. The fourth-order valence-corrected chi connectivity index (χ4v) is 3.01. The van der Waals surface area contributed by atoms with Crippen molar-refractivity contribution < 1.29 is 18.3 Å². The first-order valence-corrected chi connectivity index (χ1v) is 7.27. The molecule has 0 fully saturated rings. The van der Waals surface area contributed by atoms with Crippen LogP contribution in [-0.4, -0.2) is 24.1 Å². The Bertz CT molecular complexity index is 762. The van der Waals surface area contributed by atoms with Gasteiger partial charge in [0.15, 0.2) is 0 Å². The second kappa shape index (κ2) is 5.01. The maximum absolute atomic E-state index is 12.2. The zero-order valence-electron chi connectivity index (χ0n) is 11.0. The summed E-state index contributed by atoms with van der Waals surface area (Å²) < 4.78 is 28.4. The molecule has 0 spiro atoms. The average Bonchev–Trinajstić information content (AvgIpc) is 2.79. The van der Waals surface area contributed by atoms with Crippen LogP contribution >= 0.6 is 0 Å². The topological polar surface area (TPSA) is 88.4 Å². The van der Waals surface area contributed by atoms with Gasteiger partial charge in [-0.15, -0.1) is 0 Å². The number of carboxylic acid groups (broad SMARTS) is 1. The van der Waals surface area contributed by atoms with Crippen LogP contribution in [0.2, 0.25) is 0 Å². The maximum Gasteiger partial charge on any atom is 0.337 e. The van der Waals surface area contributed by atoms with E-state index in [2.05, 4.69) is 4.72 Å². The van der Waals surface area contributed by atoms with Crippen molar-refractivity contribution in [1.82, 2.24) is 4.57 Å². The molecule has 1 heterocycles. The highest BCUT2D eigenvalue weighted by Gasteiger charge is 2.20. The van der Waals surface area contributed by atoms with Gasteiger partial charge in [-0.05, 0) is 24.6 Å². The third kappa shape index (κ3) is 2.67. The first-order chi connectivity index (χ1) is 9.31. The molecule has 0 aliphatic rings. The first-order valence-electron chi connectivity index (χ1n) is 5.79. The minimum Gasteiger partial charge on any atom is -0.478 e. The van der Waals surface area contributed by atoms with Crippen LogP contribution in [0.25, 0.3) is 0 Å². The lowest BCUT2D eigenvalue weighted by molar-refractivity contribution is 0.0698. The van der Waals surface area contributed by atoms with E-state index in [4.69, 9.17) is 5.11 Å². The fourth-order valence-electron chi connectivity index (χ4n) is 1.81. The van der Waals surface area contributed by atoms with Crippen LogP contribution in [0, 0.1) is 6.92 Å². The summed E-state index contributed by atoms with van der Waals surface area (Å²) >= 11 is 0. The monoisotopic (exact) mass is 294 g/mol. The average molecular weight is 294 g/mol. The molecule has 0 saturated heterocycles. The summed E-state index contributed by atoms with van der Waals surface area (Å²) in [6, 6.07) is 6.02. The maximum atomic E-state index is 12.2. The zero-order chi connectivity index (χ0) is 14.9. The molecule has 0 bridgehead atoms. The third-order valence-electron chi connectivity index (χ3n) is 2.85. The molecule has 0 unspecified atom stereocenters. The van der Waals surface area contributed by atoms with Gasteiger partial charge in [0.1, 0.15) is 4.90 Å². The van der Waals surface area contributed by atoms with Gasteiger partial charge >= 0.3 is 5.97 Å². The number of carboxylic acids is 1. The number of aryl methyl sites for hydroxylation is 2. The van der Waals surface area contributed by atoms with Gasteiger partial charge in [-0.25, -0.2) is 13.2 Å². The second-order valence-corrected chi connectivity index (χ2v) is 6.10. The number of aromatic carboxylic acids is 1. The first kappa shape index (κ1) is 14.1. The van der Waals surface area contributed by atoms with Crippen LogP contribution < -0.4 is 4.72 Å². The lowest BCUT2D eigenvalue weighted by atomic mass is 10.1. The molecule has 0 amide bonds. The fraction of sp³-hybridized carbons (Fsp3) is 0.154. The van der Waals surface area contributed by atoms with Crippen molar-refractivity contribution >= 4 is 21.7 Å². The summed E-state index contributed by atoms with van der Waals surface area (Å²) in [5.74, 6) is -1.18. The van der Waals surface area contributed by atoms with Gasteiger partial charge in [-0.2, -0.15) is 0 Å². The van der Waals surface area contributed by atoms with Crippen LogP contribution in [0.5, 0.6) is 0 Å². The van der Waals surface area contributed by atoms with Crippen LogP contribution in [-0.2, 0) is 17.1 Å². The standard InChI is InChI=1S/C13H14N2O4S/c1-9-4-3-5-11(13(16)17)12(9)14-20(18,19)10-6-7-15(2)8-10/h3-8,14H,1-2H3,(H,16,17). The summed E-state index contributed by atoms with van der Waals surface area (Å²) in [6.07, 6.45) is 3.05. The Labute approximate surface area is 116 Å². The molecule has 20 heavy (non-hydrogen) atoms. The lowest BCUT2D eigenvalue weighted by Crippen LogP contribution is -2.16. The van der Waals surface area contributed by atoms with Crippen molar-refractivity contribution in [2.24, 2.45) is 7.05 Å². The number of benzene rings is 1. The molecular formula is C13H14N2O4S. The molecule has 2 N–H and O–H groups in total. The van der Waals surface area contributed by atoms with Crippen LogP contribution in [0.1, 0.15) is 15.9 Å². The molecule has 2 aromatic rings. The van der Waals surface area contributed by atoms with Crippen LogP contribution in [0.4, 0.5) is 5.69 Å². The van der Waals surface area contributed by atoms with E-state index < -0.39 is 16.0 Å². The molecule has 1 aromatic heterocycles. The van der Waals surface area contributed by atoms with E-state index in [1.807, 2.05) is 0 Å². The molecule has 1 aromatic carbocycles. The Morgan fingerprint density at radius 1 is 1.30 bits per heavy atom. The highest BCUT2D eigenvalue weighted by molar-refractivity contribution is 7.92. The number of nitrogens with zero attached hydrogens (tertiary/aromatic N) is 1. The van der Waals surface area contributed by atoms with Crippen molar-refractivity contribution in [2.45, 2.75) is 11.8 Å². The number of sulfonamides is 1. The van der Waals surface area contributed by atoms with Gasteiger partial charge in [0.2, 0.25) is 0 Å². The molecule has 7 heteroatoms. The molecule has 106 valence electrons. The van der Waals surface area contributed by atoms with E-state index in [-0.39, 0.29) is 16.1 Å². The number of aromatic nitrogens is 1. The summed E-state index contributed by atoms with van der Waals surface area (Å²) in [5, 5.41) is 9.12.